The molecule has 3 rings (SSSR count). The maximum absolute atomic E-state index is 12.4. The molecule has 0 N–H and O–H groups in total. The van der Waals surface area contributed by atoms with E-state index in [4.69, 9.17) is 9.68 Å². The van der Waals surface area contributed by atoms with Gasteiger partial charge in [-0.15, -0.1) is 0 Å². The average molecular weight is 337 g/mol. The molecule has 0 radical (unpaired) electrons. The quantitative estimate of drug-likeness (QED) is 0.842. The summed E-state index contributed by atoms with van der Waals surface area (Å²) in [5.41, 5.74) is 1.89. The second-order valence-electron chi connectivity index (χ2n) is 6.40. The standard InChI is InChI=1S/C20H23N3O2/c21-15-17-4-6-18(7-5-17)16-22-10-2-11-23(13-12-22)20(24)9-8-19-3-1-14-25-19/h1,3-7,14H,2,8-13,16H2. The van der Waals surface area contributed by atoms with Crippen LogP contribution in [-0.2, 0) is 17.8 Å². The van der Waals surface area contributed by atoms with Gasteiger partial charge in [0.25, 0.3) is 0 Å². The van der Waals surface area contributed by atoms with Gasteiger partial charge in [-0.2, -0.15) is 5.26 Å². The second-order valence-corrected chi connectivity index (χ2v) is 6.40. The largest absolute Gasteiger partial charge is 0.469 e. The summed E-state index contributed by atoms with van der Waals surface area (Å²) in [5.74, 6) is 1.07. The summed E-state index contributed by atoms with van der Waals surface area (Å²) in [6.07, 6.45) is 3.80. The minimum atomic E-state index is 0.205. The van der Waals surface area contributed by atoms with Gasteiger partial charge in [-0.25, -0.2) is 0 Å². The number of hydrogen-bond acceptors (Lipinski definition) is 4. The van der Waals surface area contributed by atoms with Crippen LogP contribution in [0.2, 0.25) is 0 Å². The Bertz CT molecular complexity index is 716. The molecule has 0 aliphatic carbocycles. The number of amides is 1. The van der Waals surface area contributed by atoms with E-state index in [0.717, 1.165) is 44.9 Å². The highest BCUT2D eigenvalue weighted by atomic mass is 16.3. The van der Waals surface area contributed by atoms with Crippen LogP contribution in [0.25, 0.3) is 0 Å². The molecule has 0 spiro atoms. The monoisotopic (exact) mass is 337 g/mol. The van der Waals surface area contributed by atoms with Crippen LogP contribution >= 0.6 is 0 Å². The van der Waals surface area contributed by atoms with Crippen LogP contribution in [0.3, 0.4) is 0 Å². The second kappa shape index (κ2) is 8.50. The molecule has 1 saturated heterocycles. The van der Waals surface area contributed by atoms with Crippen LogP contribution in [0.1, 0.15) is 29.7 Å². The molecule has 0 atom stereocenters. The topological polar surface area (TPSA) is 60.5 Å². The molecule has 1 amide bonds. The number of carbonyl (C=O) groups is 1. The number of rotatable bonds is 5. The van der Waals surface area contributed by atoms with Crippen LogP contribution in [-0.4, -0.2) is 41.9 Å². The van der Waals surface area contributed by atoms with Crippen molar-refractivity contribution in [2.45, 2.75) is 25.8 Å². The minimum absolute atomic E-state index is 0.205. The molecule has 1 aromatic carbocycles. The minimum Gasteiger partial charge on any atom is -0.469 e. The number of hydrogen-bond donors (Lipinski definition) is 0. The lowest BCUT2D eigenvalue weighted by atomic mass is 10.1. The third-order valence-electron chi connectivity index (χ3n) is 4.60. The molecular formula is C20H23N3O2. The van der Waals surface area contributed by atoms with Crippen molar-refractivity contribution in [3.8, 4) is 6.07 Å². The molecule has 2 heterocycles. The Morgan fingerprint density at radius 3 is 2.68 bits per heavy atom. The summed E-state index contributed by atoms with van der Waals surface area (Å²) in [4.78, 5) is 16.8. The number of benzene rings is 1. The maximum Gasteiger partial charge on any atom is 0.223 e. The zero-order valence-corrected chi connectivity index (χ0v) is 14.4. The number of carbonyl (C=O) groups excluding carboxylic acids is 1. The third-order valence-corrected chi connectivity index (χ3v) is 4.60. The van der Waals surface area contributed by atoms with Gasteiger partial charge in [-0.05, 0) is 36.2 Å². The lowest BCUT2D eigenvalue weighted by molar-refractivity contribution is -0.131. The number of aryl methyl sites for hydroxylation is 1. The lowest BCUT2D eigenvalue weighted by Gasteiger charge is -2.22. The van der Waals surface area contributed by atoms with Crippen molar-refractivity contribution in [2.24, 2.45) is 0 Å². The van der Waals surface area contributed by atoms with Gasteiger partial charge in [-0.3, -0.25) is 9.69 Å². The summed E-state index contributed by atoms with van der Waals surface area (Å²) >= 11 is 0. The summed E-state index contributed by atoms with van der Waals surface area (Å²) in [6, 6.07) is 13.6. The van der Waals surface area contributed by atoms with E-state index < -0.39 is 0 Å². The molecule has 5 nitrogen and oxygen atoms in total. The van der Waals surface area contributed by atoms with Gasteiger partial charge in [-0.1, -0.05) is 12.1 Å². The SMILES string of the molecule is N#Cc1ccc(CN2CCCN(C(=O)CCc3ccco3)CC2)cc1. The van der Waals surface area contributed by atoms with E-state index in [2.05, 4.69) is 11.0 Å². The highest BCUT2D eigenvalue weighted by Crippen LogP contribution is 2.12. The predicted molar refractivity (Wildman–Crippen MR) is 94.7 cm³/mol. The van der Waals surface area contributed by atoms with E-state index in [1.54, 1.807) is 6.26 Å². The first kappa shape index (κ1) is 17.2. The van der Waals surface area contributed by atoms with Crippen molar-refractivity contribution in [2.75, 3.05) is 26.2 Å². The average Bonchev–Trinajstić information content (AvgIpc) is 3.06. The van der Waals surface area contributed by atoms with Crippen molar-refractivity contribution < 1.29 is 9.21 Å². The number of furan rings is 1. The van der Waals surface area contributed by atoms with Gasteiger partial charge in [0.1, 0.15) is 5.76 Å². The molecule has 2 aromatic rings. The number of nitriles is 1. The number of nitrogens with zero attached hydrogens (tertiary/aromatic N) is 3. The summed E-state index contributed by atoms with van der Waals surface area (Å²) in [7, 11) is 0. The van der Waals surface area contributed by atoms with Crippen LogP contribution in [0.5, 0.6) is 0 Å². The van der Waals surface area contributed by atoms with Gasteiger partial charge in [0.15, 0.2) is 0 Å². The third kappa shape index (κ3) is 4.94. The van der Waals surface area contributed by atoms with Crippen LogP contribution in [0, 0.1) is 11.3 Å². The van der Waals surface area contributed by atoms with Crippen LogP contribution < -0.4 is 0 Å². The Morgan fingerprint density at radius 1 is 1.12 bits per heavy atom. The first-order valence-electron chi connectivity index (χ1n) is 8.76. The maximum atomic E-state index is 12.4. The van der Waals surface area contributed by atoms with Crippen molar-refractivity contribution in [3.63, 3.8) is 0 Å². The van der Waals surface area contributed by atoms with E-state index in [-0.39, 0.29) is 5.91 Å². The molecule has 25 heavy (non-hydrogen) atoms. The molecule has 130 valence electrons. The van der Waals surface area contributed by atoms with Gasteiger partial charge in [0, 0.05) is 45.6 Å². The van der Waals surface area contributed by atoms with E-state index in [1.165, 1.54) is 5.56 Å². The zero-order valence-electron chi connectivity index (χ0n) is 14.4. The van der Waals surface area contributed by atoms with Crippen molar-refractivity contribution in [1.29, 1.82) is 5.26 Å². The summed E-state index contributed by atoms with van der Waals surface area (Å²) < 4.78 is 5.30. The molecule has 5 heteroatoms. The smallest absolute Gasteiger partial charge is 0.223 e. The fraction of sp³-hybridized carbons (Fsp3) is 0.400. The Morgan fingerprint density at radius 2 is 1.96 bits per heavy atom. The van der Waals surface area contributed by atoms with E-state index in [9.17, 15) is 4.79 Å². The first-order valence-corrected chi connectivity index (χ1v) is 8.76. The van der Waals surface area contributed by atoms with Crippen molar-refractivity contribution in [1.82, 2.24) is 9.80 Å². The Kier molecular flexibility index (Phi) is 5.86. The highest BCUT2D eigenvalue weighted by molar-refractivity contribution is 5.76. The van der Waals surface area contributed by atoms with Crippen molar-refractivity contribution >= 4 is 5.91 Å². The van der Waals surface area contributed by atoms with Gasteiger partial charge >= 0.3 is 0 Å². The van der Waals surface area contributed by atoms with Crippen LogP contribution in [0.15, 0.2) is 47.1 Å². The predicted octanol–water partition coefficient (Wildman–Crippen LogP) is 2.82. The molecular weight excluding hydrogens is 314 g/mol. The summed E-state index contributed by atoms with van der Waals surface area (Å²) in [5, 5.41) is 8.87. The normalized spacial score (nSPS) is 15.6. The van der Waals surface area contributed by atoms with Gasteiger partial charge in [0.05, 0.1) is 17.9 Å². The summed E-state index contributed by atoms with van der Waals surface area (Å²) in [6.45, 7) is 4.32. The van der Waals surface area contributed by atoms with Gasteiger partial charge in [0.2, 0.25) is 5.91 Å². The zero-order chi connectivity index (χ0) is 17.5. The molecule has 1 aromatic heterocycles. The molecule has 1 fully saturated rings. The first-order chi connectivity index (χ1) is 12.2. The lowest BCUT2D eigenvalue weighted by Crippen LogP contribution is -2.35. The van der Waals surface area contributed by atoms with E-state index in [0.29, 0.717) is 18.4 Å². The Labute approximate surface area is 148 Å². The fourth-order valence-electron chi connectivity index (χ4n) is 3.16. The van der Waals surface area contributed by atoms with E-state index in [1.807, 2.05) is 41.3 Å². The Balaban J connectivity index is 1.47. The van der Waals surface area contributed by atoms with Gasteiger partial charge < -0.3 is 9.32 Å². The highest BCUT2D eigenvalue weighted by Gasteiger charge is 2.19. The fourth-order valence-corrected chi connectivity index (χ4v) is 3.16. The Hall–Kier alpha value is -2.58. The van der Waals surface area contributed by atoms with Crippen LogP contribution in [0.4, 0.5) is 0 Å². The molecule has 1 aliphatic heterocycles. The molecule has 0 saturated carbocycles. The molecule has 0 bridgehead atoms. The van der Waals surface area contributed by atoms with Crippen molar-refractivity contribution in [3.05, 3.63) is 59.5 Å². The molecule has 1 aliphatic rings. The van der Waals surface area contributed by atoms with E-state index >= 15 is 0 Å². The molecule has 0 unspecified atom stereocenters.